The van der Waals surface area contributed by atoms with Gasteiger partial charge in [0.2, 0.25) is 24.6 Å². The number of anilines is 1. The summed E-state index contributed by atoms with van der Waals surface area (Å²) in [5, 5.41) is 5.08. The van der Waals surface area contributed by atoms with E-state index in [0.717, 1.165) is 49.6 Å². The van der Waals surface area contributed by atoms with Crippen LogP contribution in [0.25, 0.3) is 0 Å². The molecule has 0 aliphatic rings. The number of imide groups is 1. The van der Waals surface area contributed by atoms with Gasteiger partial charge < -0.3 is 16.0 Å². The van der Waals surface area contributed by atoms with Gasteiger partial charge in [0.05, 0.1) is 0 Å². The number of unbranched alkanes of at least 4 members (excludes halogenated alkanes) is 4. The van der Waals surface area contributed by atoms with Crippen LogP contribution in [0.15, 0.2) is 18.2 Å². The van der Waals surface area contributed by atoms with Crippen molar-refractivity contribution in [1.82, 2.24) is 10.2 Å². The molecule has 0 bridgehead atoms. The molecule has 172 valence electrons. The Balaban J connectivity index is 2.68. The Bertz CT molecular complexity index is 724. The van der Waals surface area contributed by atoms with Crippen LogP contribution in [-0.4, -0.2) is 42.1 Å². The molecule has 0 spiro atoms. The molecule has 0 saturated heterocycles. The predicted molar refractivity (Wildman–Crippen MR) is 121 cm³/mol. The summed E-state index contributed by atoms with van der Waals surface area (Å²) < 4.78 is 0. The van der Waals surface area contributed by atoms with E-state index in [-0.39, 0.29) is 24.3 Å². The Morgan fingerprint density at radius 3 is 2.45 bits per heavy atom. The van der Waals surface area contributed by atoms with Gasteiger partial charge in [0.15, 0.2) is 0 Å². The number of carbonyl (C=O) groups excluding carboxylic acids is 4. The molecule has 1 aromatic carbocycles. The van der Waals surface area contributed by atoms with Gasteiger partial charge in [-0.3, -0.25) is 24.5 Å². The molecule has 1 atom stereocenters. The number of amides is 4. The minimum absolute atomic E-state index is 0.0399. The van der Waals surface area contributed by atoms with Gasteiger partial charge in [-0.05, 0) is 56.8 Å². The van der Waals surface area contributed by atoms with Crippen LogP contribution >= 0.6 is 0 Å². The lowest BCUT2D eigenvalue weighted by Gasteiger charge is -2.27. The van der Waals surface area contributed by atoms with Gasteiger partial charge in [-0.25, -0.2) is 0 Å². The van der Waals surface area contributed by atoms with Gasteiger partial charge in [0.25, 0.3) is 0 Å². The highest BCUT2D eigenvalue weighted by molar-refractivity contribution is 5.91. The first kappa shape index (κ1) is 26.3. The first-order chi connectivity index (χ1) is 14.9. The minimum Gasteiger partial charge on any atom is -0.338 e. The molecular formula is C23H36N4O4. The highest BCUT2D eigenvalue weighted by Crippen LogP contribution is 2.23. The van der Waals surface area contributed by atoms with Crippen LogP contribution in [0.3, 0.4) is 0 Å². The monoisotopic (exact) mass is 432 g/mol. The SMILES string of the molecule is Cc1cccc(NC(=O)CCCCCCCN)c1CN(C=O)C(C)CCC(=O)NC=O. The van der Waals surface area contributed by atoms with Crippen molar-refractivity contribution in [2.24, 2.45) is 5.73 Å². The van der Waals surface area contributed by atoms with Crippen LogP contribution in [0, 0.1) is 6.92 Å². The lowest BCUT2D eigenvalue weighted by Crippen LogP contribution is -2.33. The lowest BCUT2D eigenvalue weighted by molar-refractivity contribution is -0.126. The molecule has 0 aliphatic heterocycles. The van der Waals surface area contributed by atoms with Gasteiger partial charge >= 0.3 is 0 Å². The average Bonchev–Trinajstić information content (AvgIpc) is 2.74. The van der Waals surface area contributed by atoms with Crippen molar-refractivity contribution in [3.8, 4) is 0 Å². The smallest absolute Gasteiger partial charge is 0.226 e. The Morgan fingerprint density at radius 1 is 1.06 bits per heavy atom. The van der Waals surface area contributed by atoms with Crippen molar-refractivity contribution >= 4 is 30.3 Å². The molecule has 8 heteroatoms. The zero-order chi connectivity index (χ0) is 23.1. The summed E-state index contributed by atoms with van der Waals surface area (Å²) >= 11 is 0. The van der Waals surface area contributed by atoms with Crippen molar-refractivity contribution in [1.29, 1.82) is 0 Å². The molecule has 8 nitrogen and oxygen atoms in total. The fourth-order valence-corrected chi connectivity index (χ4v) is 3.33. The maximum atomic E-state index is 12.4. The molecule has 0 radical (unpaired) electrons. The maximum Gasteiger partial charge on any atom is 0.226 e. The molecule has 1 unspecified atom stereocenters. The molecule has 1 aromatic rings. The second-order valence-corrected chi connectivity index (χ2v) is 7.81. The predicted octanol–water partition coefficient (Wildman–Crippen LogP) is 2.63. The topological polar surface area (TPSA) is 122 Å². The third kappa shape index (κ3) is 10.2. The number of nitrogens with zero attached hydrogens (tertiary/aromatic N) is 1. The summed E-state index contributed by atoms with van der Waals surface area (Å²) in [6.45, 7) is 4.82. The number of hydrogen-bond acceptors (Lipinski definition) is 5. The van der Waals surface area contributed by atoms with Crippen molar-refractivity contribution in [3.05, 3.63) is 29.3 Å². The van der Waals surface area contributed by atoms with E-state index in [4.69, 9.17) is 5.73 Å². The molecule has 0 heterocycles. The molecule has 31 heavy (non-hydrogen) atoms. The van der Waals surface area contributed by atoms with Crippen LogP contribution in [0.2, 0.25) is 0 Å². The molecule has 0 fully saturated rings. The van der Waals surface area contributed by atoms with Gasteiger partial charge in [-0.15, -0.1) is 0 Å². The van der Waals surface area contributed by atoms with Gasteiger partial charge in [0.1, 0.15) is 0 Å². The van der Waals surface area contributed by atoms with E-state index in [1.807, 2.05) is 32.0 Å². The third-order valence-electron chi connectivity index (χ3n) is 5.34. The van der Waals surface area contributed by atoms with Gasteiger partial charge in [0, 0.05) is 31.1 Å². The summed E-state index contributed by atoms with van der Waals surface area (Å²) in [6, 6.07) is 5.45. The van der Waals surface area contributed by atoms with E-state index in [1.54, 1.807) is 4.90 Å². The second kappa shape index (κ2) is 15.1. The number of hydrogen-bond donors (Lipinski definition) is 3. The van der Waals surface area contributed by atoms with Crippen LogP contribution < -0.4 is 16.4 Å². The number of benzene rings is 1. The van der Waals surface area contributed by atoms with E-state index in [0.29, 0.717) is 38.0 Å². The van der Waals surface area contributed by atoms with E-state index in [1.165, 1.54) is 0 Å². The van der Waals surface area contributed by atoms with Crippen molar-refractivity contribution in [2.45, 2.75) is 77.8 Å². The van der Waals surface area contributed by atoms with Crippen LogP contribution in [-0.2, 0) is 25.7 Å². The Morgan fingerprint density at radius 2 is 1.77 bits per heavy atom. The van der Waals surface area contributed by atoms with Crippen LogP contribution in [0.4, 0.5) is 5.69 Å². The van der Waals surface area contributed by atoms with Crippen molar-refractivity contribution < 1.29 is 19.2 Å². The molecule has 4 N–H and O–H groups in total. The lowest BCUT2D eigenvalue weighted by atomic mass is 10.0. The fraction of sp³-hybridized carbons (Fsp3) is 0.565. The Labute approximate surface area is 184 Å². The molecule has 0 saturated carbocycles. The standard InChI is InChI=1S/C23H36N4O4/c1-18-9-8-10-21(26-23(31)11-6-4-3-5-7-14-24)20(18)15-27(17-29)19(2)12-13-22(30)25-16-28/h8-10,16-17,19H,3-7,11-15,24H2,1-2H3,(H,26,31)(H,25,28,30). The zero-order valence-corrected chi connectivity index (χ0v) is 18.7. The zero-order valence-electron chi connectivity index (χ0n) is 18.7. The first-order valence-corrected chi connectivity index (χ1v) is 10.9. The third-order valence-corrected chi connectivity index (χ3v) is 5.34. The molecule has 4 amide bonds. The fourth-order valence-electron chi connectivity index (χ4n) is 3.33. The van der Waals surface area contributed by atoms with Crippen molar-refractivity contribution in [2.75, 3.05) is 11.9 Å². The molecule has 0 aliphatic carbocycles. The summed E-state index contributed by atoms with van der Waals surface area (Å²) in [7, 11) is 0. The van der Waals surface area contributed by atoms with Gasteiger partial charge in [-0.2, -0.15) is 0 Å². The summed E-state index contributed by atoms with van der Waals surface area (Å²) in [4.78, 5) is 47.5. The Kier molecular flexibility index (Phi) is 12.8. The largest absolute Gasteiger partial charge is 0.338 e. The number of rotatable bonds is 16. The molecular weight excluding hydrogens is 396 g/mol. The minimum atomic E-state index is -0.375. The highest BCUT2D eigenvalue weighted by Gasteiger charge is 2.17. The van der Waals surface area contributed by atoms with E-state index < -0.39 is 0 Å². The van der Waals surface area contributed by atoms with E-state index in [2.05, 4.69) is 10.6 Å². The summed E-state index contributed by atoms with van der Waals surface area (Å²) in [6.07, 6.45) is 7.16. The van der Waals surface area contributed by atoms with Crippen LogP contribution in [0.1, 0.15) is 69.4 Å². The summed E-state index contributed by atoms with van der Waals surface area (Å²) in [5.41, 5.74) is 8.03. The quantitative estimate of drug-likeness (QED) is 0.274. The van der Waals surface area contributed by atoms with Crippen molar-refractivity contribution in [3.63, 3.8) is 0 Å². The van der Waals surface area contributed by atoms with E-state index >= 15 is 0 Å². The normalized spacial score (nSPS) is 11.5. The number of aryl methyl sites for hydroxylation is 1. The maximum absolute atomic E-state index is 12.4. The van der Waals surface area contributed by atoms with E-state index in [9.17, 15) is 19.2 Å². The Hall–Kier alpha value is -2.74. The molecule has 1 rings (SSSR count). The first-order valence-electron chi connectivity index (χ1n) is 10.9. The summed E-state index contributed by atoms with van der Waals surface area (Å²) in [5.74, 6) is -0.415. The number of nitrogens with one attached hydrogen (secondary N) is 2. The average molecular weight is 433 g/mol. The second-order valence-electron chi connectivity index (χ2n) is 7.81. The van der Waals surface area contributed by atoms with Crippen LogP contribution in [0.5, 0.6) is 0 Å². The van der Waals surface area contributed by atoms with Gasteiger partial charge in [-0.1, -0.05) is 31.4 Å². The molecule has 0 aromatic heterocycles. The highest BCUT2D eigenvalue weighted by atomic mass is 16.2. The number of nitrogens with two attached hydrogens (primary N) is 1. The number of carbonyl (C=O) groups is 4.